The van der Waals surface area contributed by atoms with Crippen LogP contribution >= 0.6 is 0 Å². The van der Waals surface area contributed by atoms with E-state index in [1.807, 2.05) is 20.1 Å². The molecular weight excluding hydrogens is 324 g/mol. The average molecular weight is 348 g/mol. The third kappa shape index (κ3) is 1.53. The SMILES string of the molecule is Cc1noc(C)c1-c1ccc2c(c1)[C@]1(C)[C@](C)(CO2)[C@@]1(C)C1=CCC=N1. The first-order chi connectivity index (χ1) is 12.3. The Kier molecular flexibility index (Phi) is 2.85. The van der Waals surface area contributed by atoms with Crippen molar-refractivity contribution in [3.05, 3.63) is 47.0 Å². The van der Waals surface area contributed by atoms with Gasteiger partial charge in [-0.1, -0.05) is 38.1 Å². The maximum Gasteiger partial charge on any atom is 0.141 e. The highest BCUT2D eigenvalue weighted by Crippen LogP contribution is 2.83. The van der Waals surface area contributed by atoms with Gasteiger partial charge in [-0.2, -0.15) is 0 Å². The maximum atomic E-state index is 6.22. The Bertz CT molecular complexity index is 982. The largest absolute Gasteiger partial charge is 0.493 e. The Labute approximate surface area is 153 Å². The molecule has 1 aliphatic carbocycles. The number of aliphatic imine (C=N–C) groups is 1. The summed E-state index contributed by atoms with van der Waals surface area (Å²) in [6, 6.07) is 6.50. The van der Waals surface area contributed by atoms with Gasteiger partial charge >= 0.3 is 0 Å². The van der Waals surface area contributed by atoms with E-state index < -0.39 is 0 Å². The van der Waals surface area contributed by atoms with Crippen LogP contribution in [-0.4, -0.2) is 18.0 Å². The van der Waals surface area contributed by atoms with Gasteiger partial charge in [-0.3, -0.25) is 4.99 Å². The topological polar surface area (TPSA) is 47.6 Å². The number of hydrogen-bond donors (Lipinski definition) is 0. The lowest BCUT2D eigenvalue weighted by Crippen LogP contribution is -2.25. The Hall–Kier alpha value is -2.36. The summed E-state index contributed by atoms with van der Waals surface area (Å²) in [5, 5.41) is 4.12. The molecule has 2 aromatic rings. The number of hydrogen-bond acceptors (Lipinski definition) is 4. The highest BCUT2D eigenvalue weighted by Gasteiger charge is 2.83. The summed E-state index contributed by atoms with van der Waals surface area (Å²) in [5.74, 6) is 1.85. The lowest BCUT2D eigenvalue weighted by molar-refractivity contribution is 0.193. The van der Waals surface area contributed by atoms with Crippen molar-refractivity contribution in [2.24, 2.45) is 15.8 Å². The van der Waals surface area contributed by atoms with E-state index in [-0.39, 0.29) is 16.2 Å². The minimum Gasteiger partial charge on any atom is -0.493 e. The Morgan fingerprint density at radius 1 is 1.08 bits per heavy atom. The molecule has 4 nitrogen and oxygen atoms in total. The van der Waals surface area contributed by atoms with Crippen molar-refractivity contribution in [3.8, 4) is 16.9 Å². The van der Waals surface area contributed by atoms with Crippen molar-refractivity contribution in [2.45, 2.75) is 46.5 Å². The first kappa shape index (κ1) is 15.9. The molecule has 1 aromatic heterocycles. The van der Waals surface area contributed by atoms with Crippen LogP contribution in [-0.2, 0) is 5.41 Å². The molecule has 4 heteroatoms. The van der Waals surface area contributed by atoms with Gasteiger partial charge in [0.2, 0.25) is 0 Å². The van der Waals surface area contributed by atoms with Crippen LogP contribution in [0.3, 0.4) is 0 Å². The lowest BCUT2D eigenvalue weighted by Gasteiger charge is -2.28. The first-order valence-corrected chi connectivity index (χ1v) is 9.28. The predicted molar refractivity (Wildman–Crippen MR) is 102 cm³/mol. The highest BCUT2D eigenvalue weighted by molar-refractivity contribution is 5.73. The van der Waals surface area contributed by atoms with Crippen molar-refractivity contribution in [1.29, 1.82) is 0 Å². The van der Waals surface area contributed by atoms with Crippen LogP contribution in [0.25, 0.3) is 11.1 Å². The average Bonchev–Trinajstić information content (AvgIpc) is 3.12. The van der Waals surface area contributed by atoms with Crippen LogP contribution in [0.4, 0.5) is 0 Å². The van der Waals surface area contributed by atoms with Crippen molar-refractivity contribution in [2.75, 3.05) is 6.61 Å². The number of aromatic nitrogens is 1. The third-order valence-corrected chi connectivity index (χ3v) is 7.66. The number of ether oxygens (including phenoxy) is 1. The van der Waals surface area contributed by atoms with Gasteiger partial charge in [0.1, 0.15) is 11.5 Å². The molecule has 0 N–H and O–H groups in total. The maximum absolute atomic E-state index is 6.22. The first-order valence-electron chi connectivity index (χ1n) is 9.28. The number of allylic oxidation sites excluding steroid dienone is 2. The molecule has 2 aliphatic heterocycles. The molecule has 0 bridgehead atoms. The van der Waals surface area contributed by atoms with Gasteiger partial charge in [0.15, 0.2) is 0 Å². The number of rotatable bonds is 2. The van der Waals surface area contributed by atoms with Crippen molar-refractivity contribution in [3.63, 3.8) is 0 Å². The number of aryl methyl sites for hydroxylation is 2. The second-order valence-corrected chi connectivity index (χ2v) is 8.42. The summed E-state index contributed by atoms with van der Waals surface area (Å²) in [4.78, 5) is 4.71. The van der Waals surface area contributed by atoms with Crippen LogP contribution in [0, 0.1) is 24.7 Å². The molecule has 1 saturated carbocycles. The molecule has 134 valence electrons. The van der Waals surface area contributed by atoms with Gasteiger partial charge in [0.25, 0.3) is 0 Å². The zero-order chi connectivity index (χ0) is 18.3. The van der Waals surface area contributed by atoms with Crippen LogP contribution in [0.5, 0.6) is 5.75 Å². The van der Waals surface area contributed by atoms with Crippen molar-refractivity contribution < 1.29 is 9.26 Å². The molecule has 1 fully saturated rings. The summed E-state index contributed by atoms with van der Waals surface area (Å²) in [7, 11) is 0. The quantitative estimate of drug-likeness (QED) is 0.768. The monoisotopic (exact) mass is 348 g/mol. The van der Waals surface area contributed by atoms with Gasteiger partial charge in [0, 0.05) is 45.7 Å². The fourth-order valence-corrected chi connectivity index (χ4v) is 5.63. The smallest absolute Gasteiger partial charge is 0.141 e. The molecule has 3 heterocycles. The van der Waals surface area contributed by atoms with E-state index in [2.05, 4.69) is 50.2 Å². The Morgan fingerprint density at radius 2 is 1.88 bits per heavy atom. The molecule has 0 radical (unpaired) electrons. The Morgan fingerprint density at radius 3 is 2.54 bits per heavy atom. The van der Waals surface area contributed by atoms with Gasteiger partial charge < -0.3 is 9.26 Å². The van der Waals surface area contributed by atoms with E-state index >= 15 is 0 Å². The van der Waals surface area contributed by atoms with E-state index in [1.165, 1.54) is 11.3 Å². The van der Waals surface area contributed by atoms with E-state index in [4.69, 9.17) is 14.3 Å². The number of nitrogens with zero attached hydrogens (tertiary/aromatic N) is 2. The van der Waals surface area contributed by atoms with Crippen molar-refractivity contribution >= 4 is 6.21 Å². The summed E-state index contributed by atoms with van der Waals surface area (Å²) in [6.07, 6.45) is 5.22. The van der Waals surface area contributed by atoms with Gasteiger partial charge in [-0.15, -0.1) is 0 Å². The van der Waals surface area contributed by atoms with Crippen LogP contribution in [0.15, 0.2) is 39.5 Å². The van der Waals surface area contributed by atoms with Gasteiger partial charge in [-0.05, 0) is 31.5 Å². The minimum atomic E-state index is -0.0182. The summed E-state index contributed by atoms with van der Waals surface area (Å²) in [5.41, 5.74) is 5.66. The van der Waals surface area contributed by atoms with Crippen LogP contribution in [0.2, 0.25) is 0 Å². The molecule has 1 aromatic carbocycles. The molecular formula is C22H24N2O2. The molecule has 3 aliphatic rings. The predicted octanol–water partition coefficient (Wildman–Crippen LogP) is 4.99. The molecule has 0 amide bonds. The zero-order valence-corrected chi connectivity index (χ0v) is 16.0. The second kappa shape index (κ2) is 4.67. The number of fused-ring (bicyclic) bond motifs is 3. The van der Waals surface area contributed by atoms with E-state index in [9.17, 15) is 0 Å². The van der Waals surface area contributed by atoms with Crippen LogP contribution < -0.4 is 4.74 Å². The molecule has 0 saturated heterocycles. The summed E-state index contributed by atoms with van der Waals surface area (Å²) >= 11 is 0. The molecule has 0 unspecified atom stereocenters. The normalized spacial score (nSPS) is 34.1. The van der Waals surface area contributed by atoms with Gasteiger partial charge in [-0.25, -0.2) is 0 Å². The fourth-order valence-electron chi connectivity index (χ4n) is 5.63. The molecule has 26 heavy (non-hydrogen) atoms. The van der Waals surface area contributed by atoms with E-state index in [0.29, 0.717) is 0 Å². The van der Waals surface area contributed by atoms with E-state index in [0.717, 1.165) is 41.4 Å². The summed E-state index contributed by atoms with van der Waals surface area (Å²) in [6.45, 7) is 11.8. The zero-order valence-electron chi connectivity index (χ0n) is 16.0. The second-order valence-electron chi connectivity index (χ2n) is 8.42. The summed E-state index contributed by atoms with van der Waals surface area (Å²) < 4.78 is 11.6. The standard InChI is InChI=1S/C22H24N2O2/c1-13-19(14(2)26-24-13)15-8-9-17-16(11-15)21(4)20(3,12-25-17)22(21,5)18-7-6-10-23-18/h7-11H,6,12H2,1-5H3/t20-,21+,22+/m0/s1. The van der Waals surface area contributed by atoms with Crippen molar-refractivity contribution in [1.82, 2.24) is 5.16 Å². The lowest BCUT2D eigenvalue weighted by atomic mass is 9.83. The Balaban J connectivity index is 1.70. The number of benzene rings is 1. The van der Waals surface area contributed by atoms with E-state index in [1.54, 1.807) is 0 Å². The minimum absolute atomic E-state index is 0.00389. The fraction of sp³-hybridized carbons (Fsp3) is 0.455. The molecule has 3 atom stereocenters. The van der Waals surface area contributed by atoms with Gasteiger partial charge in [0.05, 0.1) is 12.3 Å². The third-order valence-electron chi connectivity index (χ3n) is 7.66. The van der Waals surface area contributed by atoms with Crippen LogP contribution in [0.1, 0.15) is 44.2 Å². The highest BCUT2D eigenvalue weighted by atomic mass is 16.5. The molecule has 5 rings (SSSR count). The molecule has 0 spiro atoms.